The van der Waals surface area contributed by atoms with E-state index in [1.807, 2.05) is 18.2 Å². The van der Waals surface area contributed by atoms with Gasteiger partial charge in [0, 0.05) is 6.20 Å². The van der Waals surface area contributed by atoms with E-state index in [4.69, 9.17) is 5.21 Å². The SMILES string of the molecule is CC(C)C/C(=N/O)c1ccccn1. The third kappa shape index (κ3) is 2.86. The van der Waals surface area contributed by atoms with Crippen molar-refractivity contribution in [3.05, 3.63) is 30.1 Å². The number of hydrogen-bond acceptors (Lipinski definition) is 3. The van der Waals surface area contributed by atoms with E-state index in [2.05, 4.69) is 24.0 Å². The number of nitrogens with zero attached hydrogens (tertiary/aromatic N) is 2. The Bertz CT molecular complexity index is 280. The molecule has 0 amide bonds. The van der Waals surface area contributed by atoms with Gasteiger partial charge in [-0.15, -0.1) is 0 Å². The van der Waals surface area contributed by atoms with Crippen LogP contribution in [-0.2, 0) is 0 Å². The first kappa shape index (κ1) is 9.71. The smallest absolute Gasteiger partial charge is 0.105 e. The molecular formula is C10H14N2O. The Morgan fingerprint density at radius 3 is 2.77 bits per heavy atom. The molecule has 0 aliphatic carbocycles. The van der Waals surface area contributed by atoms with E-state index in [0.717, 1.165) is 12.1 Å². The molecule has 0 aliphatic rings. The Kier molecular flexibility index (Phi) is 3.43. The molecule has 0 aromatic carbocycles. The summed E-state index contributed by atoms with van der Waals surface area (Å²) in [6.45, 7) is 4.16. The first-order chi connectivity index (χ1) is 6.24. The third-order valence-corrected chi connectivity index (χ3v) is 1.68. The van der Waals surface area contributed by atoms with Gasteiger partial charge >= 0.3 is 0 Å². The van der Waals surface area contributed by atoms with Crippen LogP contribution in [0.5, 0.6) is 0 Å². The predicted octanol–water partition coefficient (Wildman–Crippen LogP) is 2.31. The molecule has 1 N–H and O–H groups in total. The second-order valence-corrected chi connectivity index (χ2v) is 3.36. The zero-order chi connectivity index (χ0) is 9.68. The minimum Gasteiger partial charge on any atom is -0.411 e. The molecule has 13 heavy (non-hydrogen) atoms. The second-order valence-electron chi connectivity index (χ2n) is 3.36. The number of rotatable bonds is 3. The van der Waals surface area contributed by atoms with Gasteiger partial charge in [-0.2, -0.15) is 0 Å². The molecule has 0 bridgehead atoms. The molecule has 0 saturated heterocycles. The van der Waals surface area contributed by atoms with E-state index in [9.17, 15) is 0 Å². The molecule has 1 rings (SSSR count). The average Bonchev–Trinajstić information content (AvgIpc) is 2.15. The van der Waals surface area contributed by atoms with Crippen LogP contribution in [0.1, 0.15) is 26.0 Å². The molecule has 0 fully saturated rings. The van der Waals surface area contributed by atoms with E-state index < -0.39 is 0 Å². The van der Waals surface area contributed by atoms with Gasteiger partial charge in [-0.3, -0.25) is 4.98 Å². The molecular weight excluding hydrogens is 164 g/mol. The van der Waals surface area contributed by atoms with Gasteiger partial charge in [0.2, 0.25) is 0 Å². The Morgan fingerprint density at radius 1 is 1.54 bits per heavy atom. The summed E-state index contributed by atoms with van der Waals surface area (Å²) in [6, 6.07) is 5.57. The lowest BCUT2D eigenvalue weighted by Crippen LogP contribution is -2.06. The van der Waals surface area contributed by atoms with Crippen LogP contribution in [0.25, 0.3) is 0 Å². The van der Waals surface area contributed by atoms with Crippen molar-refractivity contribution < 1.29 is 5.21 Å². The molecule has 0 atom stereocenters. The lowest BCUT2D eigenvalue weighted by molar-refractivity contribution is 0.317. The van der Waals surface area contributed by atoms with Crippen molar-refractivity contribution in [3.8, 4) is 0 Å². The fraction of sp³-hybridized carbons (Fsp3) is 0.400. The van der Waals surface area contributed by atoms with Gasteiger partial charge in [-0.25, -0.2) is 0 Å². The zero-order valence-corrected chi connectivity index (χ0v) is 7.94. The maximum Gasteiger partial charge on any atom is 0.105 e. The van der Waals surface area contributed by atoms with Crippen molar-refractivity contribution in [1.82, 2.24) is 4.98 Å². The van der Waals surface area contributed by atoms with E-state index in [1.165, 1.54) is 0 Å². The molecule has 0 radical (unpaired) electrons. The van der Waals surface area contributed by atoms with Gasteiger partial charge in [-0.05, 0) is 24.5 Å². The molecule has 1 aromatic heterocycles. The summed E-state index contributed by atoms with van der Waals surface area (Å²) in [5.74, 6) is 0.466. The normalized spacial score (nSPS) is 12.1. The number of oxime groups is 1. The molecule has 70 valence electrons. The number of hydrogen-bond donors (Lipinski definition) is 1. The van der Waals surface area contributed by atoms with Gasteiger partial charge < -0.3 is 5.21 Å². The molecule has 1 aromatic rings. The van der Waals surface area contributed by atoms with Crippen LogP contribution < -0.4 is 0 Å². The van der Waals surface area contributed by atoms with Crippen LogP contribution in [0.2, 0.25) is 0 Å². The van der Waals surface area contributed by atoms with Gasteiger partial charge in [0.05, 0.1) is 5.69 Å². The molecule has 0 saturated carbocycles. The molecule has 3 heteroatoms. The topological polar surface area (TPSA) is 45.5 Å². The maximum absolute atomic E-state index is 8.78. The highest BCUT2D eigenvalue weighted by Crippen LogP contribution is 2.07. The zero-order valence-electron chi connectivity index (χ0n) is 7.94. The third-order valence-electron chi connectivity index (χ3n) is 1.68. The summed E-state index contributed by atoms with van der Waals surface area (Å²) >= 11 is 0. The molecule has 0 spiro atoms. The van der Waals surface area contributed by atoms with E-state index in [0.29, 0.717) is 11.6 Å². The Labute approximate surface area is 78.1 Å². The van der Waals surface area contributed by atoms with E-state index >= 15 is 0 Å². The fourth-order valence-electron chi connectivity index (χ4n) is 1.12. The Balaban J connectivity index is 2.80. The van der Waals surface area contributed by atoms with E-state index in [-0.39, 0.29) is 0 Å². The highest BCUT2D eigenvalue weighted by molar-refractivity contribution is 5.98. The summed E-state index contributed by atoms with van der Waals surface area (Å²) in [5.41, 5.74) is 1.40. The predicted molar refractivity (Wildman–Crippen MR) is 52.0 cm³/mol. The van der Waals surface area contributed by atoms with Gasteiger partial charge in [-0.1, -0.05) is 25.1 Å². The highest BCUT2D eigenvalue weighted by Gasteiger charge is 2.07. The Hall–Kier alpha value is -1.38. The molecule has 3 nitrogen and oxygen atoms in total. The van der Waals surface area contributed by atoms with Crippen molar-refractivity contribution in [1.29, 1.82) is 0 Å². The summed E-state index contributed by atoms with van der Waals surface area (Å²) < 4.78 is 0. The first-order valence-electron chi connectivity index (χ1n) is 4.36. The van der Waals surface area contributed by atoms with Crippen molar-refractivity contribution in [3.63, 3.8) is 0 Å². The Morgan fingerprint density at radius 2 is 2.31 bits per heavy atom. The van der Waals surface area contributed by atoms with Crippen LogP contribution >= 0.6 is 0 Å². The minimum atomic E-state index is 0.466. The summed E-state index contributed by atoms with van der Waals surface area (Å²) in [5, 5.41) is 12.0. The van der Waals surface area contributed by atoms with Crippen molar-refractivity contribution in [2.24, 2.45) is 11.1 Å². The number of pyridine rings is 1. The van der Waals surface area contributed by atoms with Crippen LogP contribution in [0.15, 0.2) is 29.6 Å². The van der Waals surface area contributed by atoms with Crippen LogP contribution in [0.4, 0.5) is 0 Å². The largest absolute Gasteiger partial charge is 0.411 e. The fourth-order valence-corrected chi connectivity index (χ4v) is 1.12. The quantitative estimate of drug-likeness (QED) is 0.438. The standard InChI is InChI=1S/C10H14N2O/c1-8(2)7-10(12-13)9-5-3-4-6-11-9/h3-6,8,13H,7H2,1-2H3/b12-10-. The lowest BCUT2D eigenvalue weighted by Gasteiger charge is -2.05. The lowest BCUT2D eigenvalue weighted by atomic mass is 10.0. The highest BCUT2D eigenvalue weighted by atomic mass is 16.4. The monoisotopic (exact) mass is 178 g/mol. The van der Waals surface area contributed by atoms with Crippen molar-refractivity contribution in [2.45, 2.75) is 20.3 Å². The first-order valence-corrected chi connectivity index (χ1v) is 4.36. The van der Waals surface area contributed by atoms with Crippen molar-refractivity contribution in [2.75, 3.05) is 0 Å². The minimum absolute atomic E-state index is 0.466. The van der Waals surface area contributed by atoms with Gasteiger partial charge in [0.25, 0.3) is 0 Å². The summed E-state index contributed by atoms with van der Waals surface area (Å²) in [7, 11) is 0. The van der Waals surface area contributed by atoms with Crippen LogP contribution in [-0.4, -0.2) is 15.9 Å². The second kappa shape index (κ2) is 4.60. The van der Waals surface area contributed by atoms with E-state index in [1.54, 1.807) is 6.20 Å². The number of aromatic nitrogens is 1. The summed E-state index contributed by atoms with van der Waals surface area (Å²) in [6.07, 6.45) is 2.44. The van der Waals surface area contributed by atoms with Gasteiger partial charge in [0.15, 0.2) is 0 Å². The molecule has 1 heterocycles. The molecule has 0 aliphatic heterocycles. The van der Waals surface area contributed by atoms with Gasteiger partial charge in [0.1, 0.15) is 5.71 Å². The molecule has 0 unspecified atom stereocenters. The maximum atomic E-state index is 8.78. The summed E-state index contributed by atoms with van der Waals surface area (Å²) in [4.78, 5) is 4.11. The van der Waals surface area contributed by atoms with Crippen LogP contribution in [0.3, 0.4) is 0 Å². The van der Waals surface area contributed by atoms with Crippen LogP contribution in [0, 0.1) is 5.92 Å². The van der Waals surface area contributed by atoms with Crippen molar-refractivity contribution >= 4 is 5.71 Å². The average molecular weight is 178 g/mol.